The Morgan fingerprint density at radius 2 is 1.97 bits per heavy atom. The fourth-order valence-corrected chi connectivity index (χ4v) is 5.66. The van der Waals surface area contributed by atoms with E-state index in [-0.39, 0.29) is 29.7 Å². The summed E-state index contributed by atoms with van der Waals surface area (Å²) in [6.07, 6.45) is 0.978. The van der Waals surface area contributed by atoms with Gasteiger partial charge in [0.2, 0.25) is 0 Å². The van der Waals surface area contributed by atoms with Gasteiger partial charge >= 0.3 is 0 Å². The highest BCUT2D eigenvalue weighted by Gasteiger charge is 2.50. The van der Waals surface area contributed by atoms with Crippen molar-refractivity contribution in [2.45, 2.75) is 18.1 Å². The molecule has 10 heteroatoms. The zero-order valence-corrected chi connectivity index (χ0v) is 19.0. The normalized spacial score (nSPS) is 24.3. The highest BCUT2D eigenvalue weighted by Crippen LogP contribution is 2.49. The van der Waals surface area contributed by atoms with Crippen molar-refractivity contribution in [3.05, 3.63) is 89.0 Å². The Morgan fingerprint density at radius 1 is 1.18 bits per heavy atom. The lowest BCUT2D eigenvalue weighted by Gasteiger charge is -2.46. The molecule has 3 aromatic rings. The molecule has 0 bridgehead atoms. The van der Waals surface area contributed by atoms with Gasteiger partial charge in [0.15, 0.2) is 11.0 Å². The Bertz CT molecular complexity index is 1270. The lowest BCUT2D eigenvalue weighted by Crippen LogP contribution is -2.49. The van der Waals surface area contributed by atoms with Gasteiger partial charge in [-0.15, -0.1) is 0 Å². The van der Waals surface area contributed by atoms with Gasteiger partial charge in [0.1, 0.15) is 29.0 Å². The first-order valence-corrected chi connectivity index (χ1v) is 11.7. The minimum atomic E-state index is -1.20. The number of aliphatic imine (C=N–C) groups is 1. The second kappa shape index (κ2) is 8.92. The lowest BCUT2D eigenvalue weighted by atomic mass is 9.74. The Morgan fingerprint density at radius 3 is 2.68 bits per heavy atom. The summed E-state index contributed by atoms with van der Waals surface area (Å²) >= 11 is 1.33. The van der Waals surface area contributed by atoms with Crippen LogP contribution < -0.4 is 5.32 Å². The number of amidine groups is 1. The number of amides is 1. The van der Waals surface area contributed by atoms with E-state index in [2.05, 4.69) is 10.4 Å². The standard InChI is InChI=1S/C24H21F3N4O2S/c1-31-11-19(27)21(30-31)20-9-15-12-34-23(28-22(32)14-5-3-2-4-6-14)29-24(15,13-33-20)17-8-7-16(25)10-18(17)26/h2-8,10-11,15,20H,9,12-13H2,1H3,(H,28,29,32). The van der Waals surface area contributed by atoms with Crippen molar-refractivity contribution >= 4 is 22.8 Å². The number of aryl methyl sites for hydroxylation is 1. The number of halogens is 3. The molecule has 2 aromatic carbocycles. The first kappa shape index (κ1) is 22.7. The Labute approximate surface area is 198 Å². The molecule has 3 atom stereocenters. The second-order valence-corrected chi connectivity index (χ2v) is 9.37. The van der Waals surface area contributed by atoms with Gasteiger partial charge < -0.3 is 10.1 Å². The molecule has 6 nitrogen and oxygen atoms in total. The largest absolute Gasteiger partial charge is 0.369 e. The van der Waals surface area contributed by atoms with Gasteiger partial charge in [-0.3, -0.25) is 9.48 Å². The maximum Gasteiger partial charge on any atom is 0.257 e. The average Bonchev–Trinajstić information content (AvgIpc) is 3.16. The maximum atomic E-state index is 15.0. The maximum absolute atomic E-state index is 15.0. The molecule has 0 spiro atoms. The van der Waals surface area contributed by atoms with Crippen LogP contribution in [0, 0.1) is 23.4 Å². The smallest absolute Gasteiger partial charge is 0.257 e. The first-order chi connectivity index (χ1) is 16.4. The monoisotopic (exact) mass is 486 g/mol. The van der Waals surface area contributed by atoms with Crippen LogP contribution in [0.2, 0.25) is 0 Å². The molecule has 3 unspecified atom stereocenters. The van der Waals surface area contributed by atoms with Crippen LogP contribution in [-0.4, -0.2) is 33.2 Å². The van der Waals surface area contributed by atoms with E-state index in [4.69, 9.17) is 9.73 Å². The third-order valence-corrected chi connectivity index (χ3v) is 7.21. The average molecular weight is 487 g/mol. The molecule has 2 aliphatic heterocycles. The van der Waals surface area contributed by atoms with Crippen LogP contribution in [0.15, 0.2) is 59.7 Å². The number of ether oxygens (including phenoxy) is 1. The van der Waals surface area contributed by atoms with Crippen molar-refractivity contribution in [2.75, 3.05) is 12.4 Å². The number of carbonyl (C=O) groups excluding carboxylic acids is 1. The number of thioether (sulfide) groups is 1. The van der Waals surface area contributed by atoms with Crippen LogP contribution in [0.25, 0.3) is 0 Å². The van der Waals surface area contributed by atoms with Gasteiger partial charge in [-0.2, -0.15) is 5.10 Å². The molecule has 0 aliphatic carbocycles. The third-order valence-electron chi connectivity index (χ3n) is 6.17. The number of benzene rings is 2. The van der Waals surface area contributed by atoms with Crippen LogP contribution in [0.5, 0.6) is 0 Å². The van der Waals surface area contributed by atoms with Crippen LogP contribution in [0.1, 0.15) is 34.1 Å². The Kier molecular flexibility index (Phi) is 5.95. The van der Waals surface area contributed by atoms with Crippen molar-refractivity contribution in [1.82, 2.24) is 15.1 Å². The molecule has 0 saturated carbocycles. The predicted molar refractivity (Wildman–Crippen MR) is 122 cm³/mol. The highest BCUT2D eigenvalue weighted by molar-refractivity contribution is 8.13. The molecule has 34 heavy (non-hydrogen) atoms. The number of nitrogens with zero attached hydrogens (tertiary/aromatic N) is 3. The van der Waals surface area contributed by atoms with E-state index in [0.717, 1.165) is 6.07 Å². The van der Waals surface area contributed by atoms with Gasteiger partial charge in [-0.25, -0.2) is 18.2 Å². The SMILES string of the molecule is Cn1cc(F)c(C2CC3CSC(NC(=O)c4ccccc4)=NC3(c3ccc(F)cc3F)CO2)n1. The van der Waals surface area contributed by atoms with E-state index in [9.17, 15) is 13.6 Å². The number of hydrogen-bond donors (Lipinski definition) is 1. The number of aromatic nitrogens is 2. The van der Waals surface area contributed by atoms with E-state index in [1.165, 1.54) is 34.8 Å². The summed E-state index contributed by atoms with van der Waals surface area (Å²) < 4.78 is 50.4. The highest BCUT2D eigenvalue weighted by atomic mass is 32.2. The predicted octanol–water partition coefficient (Wildman–Crippen LogP) is 4.34. The van der Waals surface area contributed by atoms with Crippen molar-refractivity contribution in [3.63, 3.8) is 0 Å². The zero-order valence-electron chi connectivity index (χ0n) is 18.2. The van der Waals surface area contributed by atoms with Gasteiger partial charge in [0, 0.05) is 35.9 Å². The molecule has 5 rings (SSSR count). The number of nitrogens with one attached hydrogen (secondary N) is 1. The molecule has 1 amide bonds. The molecule has 1 saturated heterocycles. The summed E-state index contributed by atoms with van der Waals surface area (Å²) in [6.45, 7) is -0.0772. The summed E-state index contributed by atoms with van der Waals surface area (Å²) in [5, 5.41) is 7.29. The van der Waals surface area contributed by atoms with Gasteiger partial charge in [-0.05, 0) is 24.6 Å². The summed E-state index contributed by atoms with van der Waals surface area (Å²) in [5.74, 6) is -2.07. The number of fused-ring (bicyclic) bond motifs is 1. The quantitative estimate of drug-likeness (QED) is 0.598. The molecule has 1 fully saturated rings. The molecule has 3 heterocycles. The first-order valence-electron chi connectivity index (χ1n) is 10.7. The summed E-state index contributed by atoms with van der Waals surface area (Å²) in [5.41, 5.74) is -0.386. The Balaban J connectivity index is 1.50. The molecular formula is C24H21F3N4O2S. The third kappa shape index (κ3) is 4.12. The fraction of sp³-hybridized carbons (Fsp3) is 0.292. The molecule has 0 radical (unpaired) electrons. The Hall–Kier alpha value is -3.11. The number of hydrogen-bond acceptors (Lipinski definition) is 5. The van der Waals surface area contributed by atoms with E-state index < -0.39 is 29.1 Å². The molecule has 1 N–H and O–H groups in total. The van der Waals surface area contributed by atoms with E-state index in [1.807, 2.05) is 0 Å². The van der Waals surface area contributed by atoms with Crippen molar-refractivity contribution in [3.8, 4) is 0 Å². The summed E-state index contributed by atoms with van der Waals surface area (Å²) in [4.78, 5) is 17.4. The van der Waals surface area contributed by atoms with Gasteiger partial charge in [0.05, 0.1) is 12.8 Å². The van der Waals surface area contributed by atoms with Crippen LogP contribution in [0.3, 0.4) is 0 Å². The minimum Gasteiger partial charge on any atom is -0.369 e. The van der Waals surface area contributed by atoms with Crippen LogP contribution in [0.4, 0.5) is 13.2 Å². The van der Waals surface area contributed by atoms with Crippen molar-refractivity contribution in [1.29, 1.82) is 0 Å². The van der Waals surface area contributed by atoms with E-state index in [0.29, 0.717) is 22.9 Å². The molecular weight excluding hydrogens is 465 g/mol. The van der Waals surface area contributed by atoms with Crippen molar-refractivity contribution in [2.24, 2.45) is 18.0 Å². The van der Waals surface area contributed by atoms with Crippen molar-refractivity contribution < 1.29 is 22.7 Å². The van der Waals surface area contributed by atoms with E-state index >= 15 is 4.39 Å². The number of carbonyl (C=O) groups is 1. The van der Waals surface area contributed by atoms with Crippen LogP contribution in [-0.2, 0) is 17.3 Å². The zero-order chi connectivity index (χ0) is 23.9. The minimum absolute atomic E-state index is 0.0772. The van der Waals surface area contributed by atoms with E-state index in [1.54, 1.807) is 37.4 Å². The molecule has 1 aromatic heterocycles. The molecule has 2 aliphatic rings. The van der Waals surface area contributed by atoms with Crippen LogP contribution >= 0.6 is 11.8 Å². The van der Waals surface area contributed by atoms with Gasteiger partial charge in [-0.1, -0.05) is 36.0 Å². The fourth-order valence-electron chi connectivity index (χ4n) is 4.50. The second-order valence-electron chi connectivity index (χ2n) is 8.36. The molecule has 176 valence electrons. The lowest BCUT2D eigenvalue weighted by molar-refractivity contribution is -0.0622. The van der Waals surface area contributed by atoms with Gasteiger partial charge in [0.25, 0.3) is 5.91 Å². The summed E-state index contributed by atoms with van der Waals surface area (Å²) in [6, 6.07) is 12.0. The summed E-state index contributed by atoms with van der Waals surface area (Å²) in [7, 11) is 1.62. The topological polar surface area (TPSA) is 68.5 Å². The number of rotatable bonds is 3.